The van der Waals surface area contributed by atoms with Crippen LogP contribution in [0.2, 0.25) is 0 Å². The van der Waals surface area contributed by atoms with Crippen molar-refractivity contribution < 1.29 is 4.39 Å². The van der Waals surface area contributed by atoms with E-state index in [2.05, 4.69) is 15.4 Å². The van der Waals surface area contributed by atoms with E-state index in [4.69, 9.17) is 5.73 Å². The summed E-state index contributed by atoms with van der Waals surface area (Å²) in [6.07, 6.45) is 0. The molecule has 0 aliphatic rings. The molecule has 6 heteroatoms. The molecule has 5 nitrogen and oxygen atoms in total. The summed E-state index contributed by atoms with van der Waals surface area (Å²) in [4.78, 5) is 1.22. The van der Waals surface area contributed by atoms with Crippen LogP contribution in [0.5, 0.6) is 0 Å². The number of rotatable bonds is 3. The molecule has 0 amide bonds. The van der Waals surface area contributed by atoms with Crippen LogP contribution >= 0.6 is 0 Å². The molecule has 0 fully saturated rings. The molecule has 0 spiro atoms. The van der Waals surface area contributed by atoms with Gasteiger partial charge in [-0.05, 0) is 11.1 Å². The average Bonchev–Trinajstić information content (AvgIpc) is 2.50. The summed E-state index contributed by atoms with van der Waals surface area (Å²) >= 11 is 0. The Morgan fingerprint density at radius 2 is 2.23 bits per heavy atom. The predicted molar refractivity (Wildman–Crippen MR) is 45.5 cm³/mol. The van der Waals surface area contributed by atoms with E-state index in [1.165, 1.54) is 4.80 Å². The highest BCUT2D eigenvalue weighted by Crippen LogP contribution is 2.29. The molecule has 1 rings (SSSR count). The lowest BCUT2D eigenvalue weighted by atomic mass is 9.92. The standard InChI is InChI=1S/C7H14FN5/c1-5(2)7(8,4-9)6-10-12-13(3)11-6/h5H,4,9H2,1-3H3. The first-order chi connectivity index (χ1) is 6.00. The number of aromatic nitrogens is 4. The molecule has 1 aromatic heterocycles. The van der Waals surface area contributed by atoms with Gasteiger partial charge in [0.15, 0.2) is 5.67 Å². The molecule has 1 heterocycles. The van der Waals surface area contributed by atoms with Crippen molar-refractivity contribution in [2.75, 3.05) is 6.54 Å². The lowest BCUT2D eigenvalue weighted by Crippen LogP contribution is -2.37. The Morgan fingerprint density at radius 3 is 2.54 bits per heavy atom. The second kappa shape index (κ2) is 3.37. The SMILES string of the molecule is CC(C)C(F)(CN)c1nnn(C)n1. The quantitative estimate of drug-likeness (QED) is 0.722. The Bertz CT molecular complexity index is 284. The predicted octanol–water partition coefficient (Wildman–Crippen LogP) is -0.0104. The Hall–Kier alpha value is -1.04. The number of nitrogens with two attached hydrogens (primary N) is 1. The maximum Gasteiger partial charge on any atom is 0.213 e. The molecule has 0 aliphatic carbocycles. The molecule has 1 aromatic rings. The molecule has 0 saturated heterocycles. The Kier molecular flexibility index (Phi) is 2.60. The number of aryl methyl sites for hydroxylation is 1. The average molecular weight is 187 g/mol. The van der Waals surface area contributed by atoms with Gasteiger partial charge in [0.05, 0.1) is 7.05 Å². The summed E-state index contributed by atoms with van der Waals surface area (Å²) in [7, 11) is 1.59. The number of nitrogens with zero attached hydrogens (tertiary/aromatic N) is 4. The van der Waals surface area contributed by atoms with Gasteiger partial charge < -0.3 is 5.73 Å². The third-order valence-electron chi connectivity index (χ3n) is 2.09. The van der Waals surface area contributed by atoms with Gasteiger partial charge in [-0.15, -0.1) is 10.2 Å². The van der Waals surface area contributed by atoms with Crippen LogP contribution in [0.15, 0.2) is 0 Å². The van der Waals surface area contributed by atoms with Gasteiger partial charge in [-0.25, -0.2) is 4.39 Å². The Morgan fingerprint density at radius 1 is 1.62 bits per heavy atom. The monoisotopic (exact) mass is 187 g/mol. The van der Waals surface area contributed by atoms with E-state index in [1.54, 1.807) is 20.9 Å². The first kappa shape index (κ1) is 10.0. The first-order valence-electron chi connectivity index (χ1n) is 4.14. The van der Waals surface area contributed by atoms with Crippen LogP contribution in [-0.4, -0.2) is 26.8 Å². The van der Waals surface area contributed by atoms with E-state index in [-0.39, 0.29) is 18.3 Å². The third kappa shape index (κ3) is 1.67. The second-order valence-electron chi connectivity index (χ2n) is 3.32. The highest BCUT2D eigenvalue weighted by Gasteiger charge is 2.38. The van der Waals surface area contributed by atoms with Crippen molar-refractivity contribution in [3.8, 4) is 0 Å². The highest BCUT2D eigenvalue weighted by atomic mass is 19.1. The molecule has 13 heavy (non-hydrogen) atoms. The fourth-order valence-corrected chi connectivity index (χ4v) is 1.04. The summed E-state index contributed by atoms with van der Waals surface area (Å²) in [5.74, 6) is -0.200. The molecule has 0 radical (unpaired) electrons. The van der Waals surface area contributed by atoms with Crippen molar-refractivity contribution in [3.05, 3.63) is 5.82 Å². The molecule has 2 N–H and O–H groups in total. The number of alkyl halides is 1. The van der Waals surface area contributed by atoms with Crippen LogP contribution in [0.4, 0.5) is 4.39 Å². The van der Waals surface area contributed by atoms with Gasteiger partial charge in [0.1, 0.15) is 0 Å². The van der Waals surface area contributed by atoms with Gasteiger partial charge in [-0.1, -0.05) is 13.8 Å². The van der Waals surface area contributed by atoms with Gasteiger partial charge >= 0.3 is 0 Å². The van der Waals surface area contributed by atoms with Crippen LogP contribution in [0.3, 0.4) is 0 Å². The van der Waals surface area contributed by atoms with Crippen molar-refractivity contribution in [1.82, 2.24) is 20.2 Å². The molecular weight excluding hydrogens is 173 g/mol. The number of hydrogen-bond acceptors (Lipinski definition) is 4. The van der Waals surface area contributed by atoms with Crippen molar-refractivity contribution >= 4 is 0 Å². The van der Waals surface area contributed by atoms with Gasteiger partial charge in [-0.2, -0.15) is 4.80 Å². The van der Waals surface area contributed by atoms with Crippen molar-refractivity contribution in [1.29, 1.82) is 0 Å². The van der Waals surface area contributed by atoms with Crippen molar-refractivity contribution in [2.45, 2.75) is 19.5 Å². The van der Waals surface area contributed by atoms with E-state index in [0.29, 0.717) is 0 Å². The minimum absolute atomic E-state index is 0.0625. The lowest BCUT2D eigenvalue weighted by Gasteiger charge is -2.23. The Labute approximate surface area is 76.1 Å². The summed E-state index contributed by atoms with van der Waals surface area (Å²) in [6, 6.07) is 0. The van der Waals surface area contributed by atoms with E-state index >= 15 is 0 Å². The summed E-state index contributed by atoms with van der Waals surface area (Å²) < 4.78 is 14.1. The van der Waals surface area contributed by atoms with E-state index in [1.807, 2.05) is 0 Å². The molecule has 1 atom stereocenters. The van der Waals surface area contributed by atoms with E-state index in [0.717, 1.165) is 0 Å². The lowest BCUT2D eigenvalue weighted by molar-refractivity contribution is 0.0975. The zero-order valence-electron chi connectivity index (χ0n) is 8.03. The van der Waals surface area contributed by atoms with Gasteiger partial charge in [0, 0.05) is 6.54 Å². The maximum atomic E-state index is 14.1. The molecule has 1 unspecified atom stereocenters. The molecular formula is C7H14FN5. The van der Waals surface area contributed by atoms with E-state index < -0.39 is 5.67 Å². The number of halogens is 1. The third-order valence-corrected chi connectivity index (χ3v) is 2.09. The van der Waals surface area contributed by atoms with Crippen molar-refractivity contribution in [2.24, 2.45) is 18.7 Å². The highest BCUT2D eigenvalue weighted by molar-refractivity contribution is 5.00. The normalized spacial score (nSPS) is 16.2. The minimum atomic E-state index is -1.67. The van der Waals surface area contributed by atoms with Gasteiger partial charge in [0.25, 0.3) is 0 Å². The van der Waals surface area contributed by atoms with Crippen molar-refractivity contribution in [3.63, 3.8) is 0 Å². The first-order valence-corrected chi connectivity index (χ1v) is 4.14. The second-order valence-corrected chi connectivity index (χ2v) is 3.32. The van der Waals surface area contributed by atoms with Crippen LogP contribution < -0.4 is 5.73 Å². The minimum Gasteiger partial charge on any atom is -0.327 e. The zero-order chi connectivity index (χ0) is 10.1. The molecule has 0 aromatic carbocycles. The topological polar surface area (TPSA) is 69.6 Å². The van der Waals surface area contributed by atoms with Gasteiger partial charge in [0.2, 0.25) is 5.82 Å². The maximum absolute atomic E-state index is 14.1. The molecule has 0 saturated carbocycles. The molecule has 0 bridgehead atoms. The molecule has 74 valence electrons. The van der Waals surface area contributed by atoms with Gasteiger partial charge in [-0.3, -0.25) is 0 Å². The number of hydrogen-bond donors (Lipinski definition) is 1. The van der Waals surface area contributed by atoms with Crippen LogP contribution in [0.25, 0.3) is 0 Å². The zero-order valence-corrected chi connectivity index (χ0v) is 8.03. The summed E-state index contributed by atoms with van der Waals surface area (Å²) in [5.41, 5.74) is 3.68. The van der Waals surface area contributed by atoms with Crippen LogP contribution in [-0.2, 0) is 12.7 Å². The summed E-state index contributed by atoms with van der Waals surface area (Å²) in [5, 5.41) is 11.0. The molecule has 0 aliphatic heterocycles. The van der Waals surface area contributed by atoms with Crippen LogP contribution in [0, 0.1) is 5.92 Å². The summed E-state index contributed by atoms with van der Waals surface area (Å²) in [6.45, 7) is 3.35. The van der Waals surface area contributed by atoms with Crippen LogP contribution in [0.1, 0.15) is 19.7 Å². The fourth-order valence-electron chi connectivity index (χ4n) is 1.04. The number of tetrazole rings is 1. The smallest absolute Gasteiger partial charge is 0.213 e. The fraction of sp³-hybridized carbons (Fsp3) is 0.857. The van der Waals surface area contributed by atoms with E-state index in [9.17, 15) is 4.39 Å². The largest absolute Gasteiger partial charge is 0.327 e. The Balaban J connectivity index is 3.02.